The monoisotopic (exact) mass is 884 g/mol. The molecular weight excluding hydrogens is 844 g/mol. The number of benzene rings is 2. The summed E-state index contributed by atoms with van der Waals surface area (Å²) in [6.45, 7) is 13.1. The first-order valence-electron chi connectivity index (χ1n) is 14.0. The van der Waals surface area contributed by atoms with Crippen molar-refractivity contribution < 1.29 is 49.4 Å². The van der Waals surface area contributed by atoms with Gasteiger partial charge in [-0.15, -0.1) is 0 Å². The van der Waals surface area contributed by atoms with Gasteiger partial charge in [-0.05, 0) is 61.1 Å². The molecule has 0 unspecified atom stereocenters. The van der Waals surface area contributed by atoms with Crippen molar-refractivity contribution >= 4 is 50.7 Å². The van der Waals surface area contributed by atoms with Gasteiger partial charge in [0.25, 0.3) is 0 Å². The minimum absolute atomic E-state index is 0.00200. The van der Waals surface area contributed by atoms with Crippen molar-refractivity contribution in [2.24, 2.45) is 0 Å². The first-order valence-corrected chi connectivity index (χ1v) is 22.9. The van der Waals surface area contributed by atoms with Crippen LogP contribution in [0.15, 0.2) is 97.6 Å². The van der Waals surface area contributed by atoms with E-state index >= 15 is 0 Å². The van der Waals surface area contributed by atoms with Crippen molar-refractivity contribution in [3.8, 4) is 0 Å². The Balaban J connectivity index is 0.000000655. The molecule has 0 radical (unpaired) electrons. The third-order valence-electron chi connectivity index (χ3n) is 5.87. The summed E-state index contributed by atoms with van der Waals surface area (Å²) in [6, 6.07) is 23.6. The fourth-order valence-corrected chi connectivity index (χ4v) is 3.31. The molecular formula is C34H40Cl4N2O4Ru2. The number of carbonyl (C=O) groups is 2. The van der Waals surface area contributed by atoms with Gasteiger partial charge in [0.2, 0.25) is 0 Å². The summed E-state index contributed by atoms with van der Waals surface area (Å²) < 4.78 is 9.92. The van der Waals surface area contributed by atoms with Gasteiger partial charge in [-0.1, -0.05) is 87.4 Å². The summed E-state index contributed by atoms with van der Waals surface area (Å²) in [7, 11) is 19.4. The summed E-state index contributed by atoms with van der Waals surface area (Å²) in [5.41, 5.74) is 6.32. The molecule has 6 nitrogen and oxygen atoms in total. The number of halogens is 4. The Bertz CT molecular complexity index is 1230. The van der Waals surface area contributed by atoms with Crippen molar-refractivity contribution in [3.63, 3.8) is 0 Å². The van der Waals surface area contributed by atoms with Crippen LogP contribution >= 0.6 is 38.8 Å². The van der Waals surface area contributed by atoms with Gasteiger partial charge in [-0.2, -0.15) is 0 Å². The molecule has 0 saturated carbocycles. The van der Waals surface area contributed by atoms with E-state index in [1.54, 1.807) is 24.3 Å². The van der Waals surface area contributed by atoms with Crippen LogP contribution in [-0.4, -0.2) is 35.1 Å². The number of esters is 2. The van der Waals surface area contributed by atoms with Crippen LogP contribution in [0.5, 0.6) is 0 Å². The number of ether oxygens (including phenoxy) is 2. The second kappa shape index (κ2) is 28.1. The number of nitrogens with zero attached hydrogens (tertiary/aromatic N) is 2. The second-order valence-electron chi connectivity index (χ2n) is 9.98. The average molecular weight is 885 g/mol. The summed E-state index contributed by atoms with van der Waals surface area (Å²) in [5.74, 6) is 0.348. The maximum absolute atomic E-state index is 11.6. The Kier molecular flexibility index (Phi) is 27.0. The van der Waals surface area contributed by atoms with Gasteiger partial charge >= 0.3 is 81.0 Å². The molecule has 0 bridgehead atoms. The summed E-state index contributed by atoms with van der Waals surface area (Å²) in [4.78, 5) is 30.7. The molecule has 12 heteroatoms. The first kappa shape index (κ1) is 44.1. The van der Waals surface area contributed by atoms with E-state index in [-0.39, 0.29) is 43.5 Å². The third-order valence-corrected chi connectivity index (χ3v) is 5.87. The van der Waals surface area contributed by atoms with Crippen LogP contribution in [0.3, 0.4) is 0 Å². The number of aromatic nitrogens is 2. The third kappa shape index (κ3) is 21.8. The Morgan fingerprint density at radius 2 is 0.826 bits per heavy atom. The normalized spacial score (nSPS) is 9.74. The zero-order chi connectivity index (χ0) is 34.7. The quantitative estimate of drug-likeness (QED) is 0.105. The molecule has 0 saturated heterocycles. The molecule has 0 fully saturated rings. The average Bonchev–Trinajstić information content (AvgIpc) is 3.05. The second-order valence-corrected chi connectivity index (χ2v) is 15.3. The van der Waals surface area contributed by atoms with E-state index in [1.807, 2.05) is 0 Å². The number of hydrogen-bond donors (Lipinski definition) is 0. The Morgan fingerprint density at radius 1 is 0.565 bits per heavy atom. The molecule has 4 aromatic rings. The Hall–Kier alpha value is -1.91. The van der Waals surface area contributed by atoms with E-state index in [1.165, 1.54) is 47.0 Å². The zero-order valence-electron chi connectivity index (χ0n) is 26.6. The van der Waals surface area contributed by atoms with Crippen molar-refractivity contribution in [2.75, 3.05) is 13.2 Å². The van der Waals surface area contributed by atoms with E-state index in [2.05, 4.69) is 100 Å². The molecule has 0 N–H and O–H groups in total. The van der Waals surface area contributed by atoms with Crippen LogP contribution < -0.4 is 0 Å². The minimum atomic E-state index is -0.479. The number of aryl methyl sites for hydroxylation is 2. The predicted octanol–water partition coefficient (Wildman–Crippen LogP) is 10.5. The fourth-order valence-electron chi connectivity index (χ4n) is 3.31. The van der Waals surface area contributed by atoms with E-state index < -0.39 is 11.9 Å². The van der Waals surface area contributed by atoms with Crippen LogP contribution in [0, 0.1) is 13.8 Å². The van der Waals surface area contributed by atoms with E-state index in [4.69, 9.17) is 48.2 Å². The number of carbonyl (C=O) groups excluding carboxylic acids is 2. The number of rotatable bonds is 7. The molecule has 254 valence electrons. The molecule has 46 heavy (non-hydrogen) atoms. The van der Waals surface area contributed by atoms with Gasteiger partial charge in [0, 0.05) is 24.8 Å². The SMILES string of the molecule is Cc1ccc(C(C)C)cc1.Cc1ccc(C(C)C)cc1.O=C(OCCOC(=O)c1ccncc1)c1ccncc1.[Cl][Ru][Cl].[Cl][Ru][Cl]. The summed E-state index contributed by atoms with van der Waals surface area (Å²) >= 11 is -0.691. The van der Waals surface area contributed by atoms with Gasteiger partial charge < -0.3 is 9.47 Å². The van der Waals surface area contributed by atoms with E-state index in [0.29, 0.717) is 23.0 Å². The maximum atomic E-state index is 11.6. The van der Waals surface area contributed by atoms with Gasteiger partial charge in [-0.25, -0.2) is 9.59 Å². The standard InChI is InChI=1S/C14H12N2O4.2C10H14.4ClH.2Ru/c17-13(11-1-5-15-6-2-11)19-9-10-20-14(18)12-3-7-16-8-4-12;2*1-8(2)10-6-4-9(3)5-7-10;;;;;;/h1-8H,9-10H2;2*4-8H,1-3H3;4*1H;;/q;;;;;;;2*+2/p-4. The molecule has 0 aliphatic heterocycles. The molecule has 2 aromatic carbocycles. The van der Waals surface area contributed by atoms with Crippen LogP contribution in [0.25, 0.3) is 0 Å². The fraction of sp³-hybridized carbons (Fsp3) is 0.294. The Labute approximate surface area is 305 Å². The Morgan fingerprint density at radius 3 is 1.07 bits per heavy atom. The van der Waals surface area contributed by atoms with Crippen molar-refractivity contribution in [3.05, 3.63) is 131 Å². The van der Waals surface area contributed by atoms with E-state index in [0.717, 1.165) is 0 Å². The molecule has 4 rings (SSSR count). The van der Waals surface area contributed by atoms with Crippen LogP contribution in [0.2, 0.25) is 0 Å². The number of hydrogen-bond acceptors (Lipinski definition) is 6. The van der Waals surface area contributed by atoms with Crippen molar-refractivity contribution in [2.45, 2.75) is 53.4 Å². The summed E-state index contributed by atoms with van der Waals surface area (Å²) in [6.07, 6.45) is 6.00. The van der Waals surface area contributed by atoms with Gasteiger partial charge in [0.05, 0.1) is 11.1 Å². The van der Waals surface area contributed by atoms with E-state index in [9.17, 15) is 9.59 Å². The zero-order valence-corrected chi connectivity index (χ0v) is 33.1. The van der Waals surface area contributed by atoms with Crippen molar-refractivity contribution in [1.82, 2.24) is 9.97 Å². The predicted molar refractivity (Wildman–Crippen MR) is 183 cm³/mol. The van der Waals surface area contributed by atoms with Gasteiger partial charge in [-0.3, -0.25) is 9.97 Å². The molecule has 2 heterocycles. The molecule has 0 aliphatic rings. The van der Waals surface area contributed by atoms with Gasteiger partial charge in [0.15, 0.2) is 0 Å². The molecule has 0 spiro atoms. The van der Waals surface area contributed by atoms with Crippen LogP contribution in [0.4, 0.5) is 0 Å². The van der Waals surface area contributed by atoms with Gasteiger partial charge in [0.1, 0.15) is 13.2 Å². The molecule has 2 aromatic heterocycles. The molecule has 0 amide bonds. The number of pyridine rings is 2. The van der Waals surface area contributed by atoms with Crippen LogP contribution in [0.1, 0.15) is 82.5 Å². The first-order chi connectivity index (χ1) is 22.0. The molecule has 0 aliphatic carbocycles. The summed E-state index contributed by atoms with van der Waals surface area (Å²) in [5, 5.41) is 0. The molecule has 0 atom stereocenters. The van der Waals surface area contributed by atoms with Crippen molar-refractivity contribution in [1.29, 1.82) is 0 Å². The van der Waals surface area contributed by atoms with Crippen LogP contribution in [-0.2, 0) is 39.8 Å². The topological polar surface area (TPSA) is 78.4 Å².